The number of allylic oxidation sites excluding steroid dienone is 1. The van der Waals surface area contributed by atoms with Crippen LogP contribution in [-0.2, 0) is 4.79 Å². The average Bonchev–Trinajstić information content (AvgIpc) is 2.61. The molecule has 0 saturated heterocycles. The molecule has 1 amide bonds. The van der Waals surface area contributed by atoms with Gasteiger partial charge in [0.05, 0.1) is 5.69 Å². The Labute approximate surface area is 119 Å². The predicted octanol–water partition coefficient (Wildman–Crippen LogP) is 3.72. The highest BCUT2D eigenvalue weighted by atomic mass is 16.2. The zero-order chi connectivity index (χ0) is 14.9. The Morgan fingerprint density at radius 1 is 1.35 bits per heavy atom. The Morgan fingerprint density at radius 3 is 2.55 bits per heavy atom. The van der Waals surface area contributed by atoms with Gasteiger partial charge in [0, 0.05) is 5.70 Å². The molecule has 0 radical (unpaired) electrons. The van der Waals surface area contributed by atoms with Gasteiger partial charge in [0.2, 0.25) is 0 Å². The highest BCUT2D eigenvalue weighted by Crippen LogP contribution is 2.37. The van der Waals surface area contributed by atoms with Gasteiger partial charge in [-0.25, -0.2) is 0 Å². The summed E-state index contributed by atoms with van der Waals surface area (Å²) in [6, 6.07) is 9.68. The van der Waals surface area contributed by atoms with Gasteiger partial charge in [0.1, 0.15) is 11.6 Å². The fourth-order valence-corrected chi connectivity index (χ4v) is 2.46. The summed E-state index contributed by atoms with van der Waals surface area (Å²) in [4.78, 5) is 14.0. The van der Waals surface area contributed by atoms with Crippen LogP contribution in [0.3, 0.4) is 0 Å². The Hall–Kier alpha value is -2.34. The van der Waals surface area contributed by atoms with E-state index in [2.05, 4.69) is 20.4 Å². The molecule has 1 aliphatic heterocycles. The van der Waals surface area contributed by atoms with Crippen LogP contribution in [0.2, 0.25) is 0 Å². The molecule has 0 aromatic heterocycles. The second-order valence-corrected chi connectivity index (χ2v) is 5.44. The molecule has 2 rings (SSSR count). The molecule has 1 aliphatic rings. The number of nitriles is 1. The molecule has 0 aliphatic carbocycles. The number of rotatable bonds is 3. The molecule has 0 N–H and O–H groups in total. The summed E-state index contributed by atoms with van der Waals surface area (Å²) in [7, 11) is 0. The molecule has 0 spiro atoms. The topological polar surface area (TPSA) is 44.1 Å². The lowest BCUT2D eigenvalue weighted by Gasteiger charge is -2.21. The molecule has 20 heavy (non-hydrogen) atoms. The monoisotopic (exact) mass is 266 g/mol. The van der Waals surface area contributed by atoms with Gasteiger partial charge in [0.25, 0.3) is 5.91 Å². The van der Waals surface area contributed by atoms with E-state index in [0.717, 1.165) is 16.8 Å². The van der Waals surface area contributed by atoms with Gasteiger partial charge in [-0.1, -0.05) is 38.6 Å². The van der Waals surface area contributed by atoms with E-state index in [1.165, 1.54) is 0 Å². The summed E-state index contributed by atoms with van der Waals surface area (Å²) < 4.78 is 0. The van der Waals surface area contributed by atoms with Crippen molar-refractivity contribution < 1.29 is 4.79 Å². The summed E-state index contributed by atoms with van der Waals surface area (Å²) in [5, 5.41) is 9.28. The standard InChI is InChI=1S/C17H18N2O/c1-11(2)9-14-13(4)19(17(20)15(14)10-18)16-8-6-5-7-12(16)3/h5-8,11H,4,9H2,1-3H3. The van der Waals surface area contributed by atoms with E-state index in [1.807, 2.05) is 37.3 Å². The van der Waals surface area contributed by atoms with E-state index < -0.39 is 0 Å². The normalized spacial score (nSPS) is 15.2. The second-order valence-electron chi connectivity index (χ2n) is 5.44. The van der Waals surface area contributed by atoms with Crippen LogP contribution in [0, 0.1) is 24.2 Å². The van der Waals surface area contributed by atoms with Gasteiger partial charge in [-0.15, -0.1) is 0 Å². The van der Waals surface area contributed by atoms with Crippen LogP contribution >= 0.6 is 0 Å². The minimum Gasteiger partial charge on any atom is -0.276 e. The third-order valence-electron chi connectivity index (χ3n) is 3.42. The lowest BCUT2D eigenvalue weighted by Crippen LogP contribution is -2.25. The van der Waals surface area contributed by atoms with Crippen LogP contribution in [0.4, 0.5) is 5.69 Å². The number of carbonyl (C=O) groups excluding carboxylic acids is 1. The molecule has 1 aromatic carbocycles. The molecule has 102 valence electrons. The van der Waals surface area contributed by atoms with Gasteiger partial charge in [-0.2, -0.15) is 5.26 Å². The zero-order valence-electron chi connectivity index (χ0n) is 12.1. The summed E-state index contributed by atoms with van der Waals surface area (Å²) >= 11 is 0. The van der Waals surface area contributed by atoms with Crippen molar-refractivity contribution in [1.82, 2.24) is 0 Å². The largest absolute Gasteiger partial charge is 0.276 e. The third kappa shape index (κ3) is 2.25. The Bertz CT molecular complexity index is 647. The van der Waals surface area contributed by atoms with Crippen molar-refractivity contribution in [3.05, 3.63) is 53.3 Å². The smallest absolute Gasteiger partial charge is 0.273 e. The first kappa shape index (κ1) is 14.1. The van der Waals surface area contributed by atoms with Crippen LogP contribution in [0.5, 0.6) is 0 Å². The fraction of sp³-hybridized carbons (Fsp3) is 0.294. The quantitative estimate of drug-likeness (QED) is 0.836. The molecule has 3 heteroatoms. The second kappa shape index (κ2) is 5.34. The number of anilines is 1. The van der Waals surface area contributed by atoms with Crippen LogP contribution < -0.4 is 4.90 Å². The van der Waals surface area contributed by atoms with E-state index in [9.17, 15) is 10.1 Å². The zero-order valence-corrected chi connectivity index (χ0v) is 12.1. The molecule has 1 aromatic rings. The molecule has 0 saturated carbocycles. The van der Waals surface area contributed by atoms with Crippen LogP contribution in [-0.4, -0.2) is 5.91 Å². The number of aryl methyl sites for hydroxylation is 1. The molecule has 0 bridgehead atoms. The lowest BCUT2D eigenvalue weighted by molar-refractivity contribution is -0.113. The van der Waals surface area contributed by atoms with Gasteiger partial charge < -0.3 is 0 Å². The first-order chi connectivity index (χ1) is 9.47. The Balaban J connectivity index is 2.48. The third-order valence-corrected chi connectivity index (χ3v) is 3.42. The van der Waals surface area contributed by atoms with Crippen molar-refractivity contribution >= 4 is 11.6 Å². The Morgan fingerprint density at radius 2 is 2.00 bits per heavy atom. The minimum absolute atomic E-state index is 0.229. The molecule has 1 heterocycles. The molecule has 3 nitrogen and oxygen atoms in total. The number of hydrogen-bond acceptors (Lipinski definition) is 2. The summed E-state index contributed by atoms with van der Waals surface area (Å²) in [6.07, 6.45) is 0.690. The van der Waals surface area contributed by atoms with Crippen molar-refractivity contribution in [2.75, 3.05) is 4.90 Å². The molecule has 0 unspecified atom stereocenters. The number of hydrogen-bond donors (Lipinski definition) is 0. The molecule has 0 atom stereocenters. The van der Waals surface area contributed by atoms with Crippen LogP contribution in [0.15, 0.2) is 47.7 Å². The van der Waals surface area contributed by atoms with E-state index >= 15 is 0 Å². The Kier molecular flexibility index (Phi) is 3.76. The summed E-state index contributed by atoms with van der Waals surface area (Å²) in [6.45, 7) is 10.1. The van der Waals surface area contributed by atoms with Crippen LogP contribution in [0.1, 0.15) is 25.8 Å². The van der Waals surface area contributed by atoms with E-state index in [0.29, 0.717) is 18.0 Å². The van der Waals surface area contributed by atoms with Gasteiger partial charge >= 0.3 is 0 Å². The van der Waals surface area contributed by atoms with Crippen molar-refractivity contribution in [2.24, 2.45) is 5.92 Å². The van der Waals surface area contributed by atoms with E-state index in [4.69, 9.17) is 0 Å². The fourth-order valence-electron chi connectivity index (χ4n) is 2.46. The predicted molar refractivity (Wildman–Crippen MR) is 79.9 cm³/mol. The number of amides is 1. The van der Waals surface area contributed by atoms with E-state index in [1.54, 1.807) is 4.90 Å². The van der Waals surface area contributed by atoms with Gasteiger partial charge in [0.15, 0.2) is 0 Å². The maximum absolute atomic E-state index is 12.5. The molecular formula is C17H18N2O. The summed E-state index contributed by atoms with van der Waals surface area (Å²) in [5.74, 6) is 0.108. The average molecular weight is 266 g/mol. The van der Waals surface area contributed by atoms with Gasteiger partial charge in [-0.3, -0.25) is 9.69 Å². The first-order valence-electron chi connectivity index (χ1n) is 6.70. The SMILES string of the molecule is C=C1C(CC(C)C)=C(C#N)C(=O)N1c1ccccc1C. The maximum Gasteiger partial charge on any atom is 0.273 e. The molecule has 0 fully saturated rings. The minimum atomic E-state index is -0.262. The summed E-state index contributed by atoms with van der Waals surface area (Å²) in [5.41, 5.74) is 3.43. The first-order valence-corrected chi connectivity index (χ1v) is 6.70. The lowest BCUT2D eigenvalue weighted by atomic mass is 9.99. The number of para-hydroxylation sites is 1. The number of carbonyl (C=O) groups is 1. The highest BCUT2D eigenvalue weighted by molar-refractivity contribution is 6.15. The maximum atomic E-state index is 12.5. The van der Waals surface area contributed by atoms with Crippen LogP contribution in [0.25, 0.3) is 0 Å². The van der Waals surface area contributed by atoms with E-state index in [-0.39, 0.29) is 11.5 Å². The number of nitrogens with zero attached hydrogens (tertiary/aromatic N) is 2. The highest BCUT2D eigenvalue weighted by Gasteiger charge is 2.35. The van der Waals surface area contributed by atoms with Crippen molar-refractivity contribution in [3.8, 4) is 6.07 Å². The number of benzene rings is 1. The van der Waals surface area contributed by atoms with Crippen molar-refractivity contribution in [3.63, 3.8) is 0 Å². The van der Waals surface area contributed by atoms with Gasteiger partial charge in [-0.05, 0) is 36.5 Å². The molecular weight excluding hydrogens is 248 g/mol. The van der Waals surface area contributed by atoms with Crippen molar-refractivity contribution in [2.45, 2.75) is 27.2 Å². The van der Waals surface area contributed by atoms with Crippen molar-refractivity contribution in [1.29, 1.82) is 5.26 Å².